The molecule has 0 unspecified atom stereocenters. The number of nitrogens with zero attached hydrogens (tertiary/aromatic N) is 2. The first-order chi connectivity index (χ1) is 15.5. The molecule has 0 aliphatic carbocycles. The summed E-state index contributed by atoms with van der Waals surface area (Å²) in [7, 11) is 1.87. The summed E-state index contributed by atoms with van der Waals surface area (Å²) in [6, 6.07) is 23.6. The third-order valence-corrected chi connectivity index (χ3v) is 5.95. The number of likely N-dealkylation sites (tertiary alicyclic amines) is 1. The highest BCUT2D eigenvalue weighted by molar-refractivity contribution is 6.04. The van der Waals surface area contributed by atoms with Crippen molar-refractivity contribution in [3.05, 3.63) is 95.8 Å². The molecule has 2 atom stereocenters. The molecule has 166 valence electrons. The Labute approximate surface area is 188 Å². The number of halogens is 1. The Morgan fingerprint density at radius 3 is 2.44 bits per heavy atom. The average Bonchev–Trinajstić information content (AvgIpc) is 3.23. The Morgan fingerprint density at radius 1 is 1.12 bits per heavy atom. The van der Waals surface area contributed by atoms with Crippen LogP contribution >= 0.6 is 0 Å². The topological polar surface area (TPSA) is 55.8 Å². The lowest BCUT2D eigenvalue weighted by molar-refractivity contribution is 0.102. The molecule has 2 N–H and O–H groups in total. The number of aliphatic hydroxyl groups is 1. The van der Waals surface area contributed by atoms with Crippen molar-refractivity contribution in [3.63, 3.8) is 0 Å². The van der Waals surface area contributed by atoms with Gasteiger partial charge >= 0.3 is 0 Å². The lowest BCUT2D eigenvalue weighted by atomic mass is 10.0. The maximum Gasteiger partial charge on any atom is 0.255 e. The van der Waals surface area contributed by atoms with Gasteiger partial charge in [0.25, 0.3) is 5.91 Å². The lowest BCUT2D eigenvalue weighted by Crippen LogP contribution is -2.36. The molecule has 1 aliphatic heterocycles. The Hall–Kier alpha value is -3.22. The number of nitrogens with one attached hydrogen (secondary N) is 1. The SMILES string of the molecule is CN(c1ccc(C(=O)Nc2ccccc2)cc1F)[C@H](CN1CC[C@H](O)C1)c1ccccc1. The number of anilines is 2. The standard InChI is InChI=1S/C26H28FN3O2/c1-29(25(19-8-4-2-5-9-19)18-30-15-14-22(31)17-30)24-13-12-20(16-23(24)27)26(32)28-21-10-6-3-7-11-21/h2-13,16,22,25,31H,14-15,17-18H2,1H3,(H,28,32)/t22-,25+/m0/s1. The molecule has 0 aromatic heterocycles. The number of aliphatic hydroxyl groups excluding tert-OH is 1. The molecule has 1 saturated heterocycles. The Morgan fingerprint density at radius 2 is 1.81 bits per heavy atom. The van der Waals surface area contributed by atoms with Gasteiger partial charge in [-0.2, -0.15) is 0 Å². The minimum atomic E-state index is -0.449. The molecule has 1 fully saturated rings. The van der Waals surface area contributed by atoms with Crippen LogP contribution in [0.4, 0.5) is 15.8 Å². The van der Waals surface area contributed by atoms with Crippen molar-refractivity contribution >= 4 is 17.3 Å². The number of carbonyl (C=O) groups excluding carboxylic acids is 1. The highest BCUT2D eigenvalue weighted by Crippen LogP contribution is 2.30. The summed E-state index contributed by atoms with van der Waals surface area (Å²) in [5.74, 6) is -0.800. The van der Waals surface area contributed by atoms with Crippen LogP contribution in [0.15, 0.2) is 78.9 Å². The molecule has 1 aliphatic rings. The number of benzene rings is 3. The fourth-order valence-corrected chi connectivity index (χ4v) is 4.18. The predicted molar refractivity (Wildman–Crippen MR) is 125 cm³/mol. The predicted octanol–water partition coefficient (Wildman–Crippen LogP) is 4.32. The molecule has 3 aromatic carbocycles. The molecule has 0 spiro atoms. The first kappa shape index (κ1) is 22.0. The largest absolute Gasteiger partial charge is 0.392 e. The van der Waals surface area contributed by atoms with Crippen molar-refractivity contribution in [2.45, 2.75) is 18.6 Å². The van der Waals surface area contributed by atoms with E-state index < -0.39 is 5.82 Å². The van der Waals surface area contributed by atoms with E-state index in [1.165, 1.54) is 6.07 Å². The van der Waals surface area contributed by atoms with Gasteiger partial charge in [0.15, 0.2) is 0 Å². The third kappa shape index (κ3) is 5.15. The molecule has 5 nitrogen and oxygen atoms in total. The summed E-state index contributed by atoms with van der Waals surface area (Å²) < 4.78 is 15.2. The van der Waals surface area contributed by atoms with Crippen molar-refractivity contribution in [1.82, 2.24) is 4.90 Å². The second kappa shape index (κ2) is 9.94. The van der Waals surface area contributed by atoms with Gasteiger partial charge in [-0.25, -0.2) is 4.39 Å². The van der Waals surface area contributed by atoms with Crippen LogP contribution < -0.4 is 10.2 Å². The average molecular weight is 434 g/mol. The van der Waals surface area contributed by atoms with Crippen LogP contribution in [0.25, 0.3) is 0 Å². The van der Waals surface area contributed by atoms with Crippen molar-refractivity contribution in [3.8, 4) is 0 Å². The van der Waals surface area contributed by atoms with E-state index >= 15 is 4.39 Å². The van der Waals surface area contributed by atoms with Gasteiger partial charge in [0, 0.05) is 37.9 Å². The van der Waals surface area contributed by atoms with E-state index in [1.807, 2.05) is 60.5 Å². The normalized spacial score (nSPS) is 17.2. The van der Waals surface area contributed by atoms with Gasteiger partial charge in [-0.1, -0.05) is 48.5 Å². The first-order valence-electron chi connectivity index (χ1n) is 10.9. The summed E-state index contributed by atoms with van der Waals surface area (Å²) in [5, 5.41) is 12.7. The van der Waals surface area contributed by atoms with E-state index in [2.05, 4.69) is 10.2 Å². The zero-order chi connectivity index (χ0) is 22.5. The van der Waals surface area contributed by atoms with Gasteiger partial charge in [0.1, 0.15) is 5.82 Å². The number of likely N-dealkylation sites (N-methyl/N-ethyl adjacent to an activating group) is 1. The fourth-order valence-electron chi connectivity index (χ4n) is 4.18. The molecule has 1 heterocycles. The minimum absolute atomic E-state index is 0.0972. The van der Waals surface area contributed by atoms with E-state index in [9.17, 15) is 9.90 Å². The van der Waals surface area contributed by atoms with Crippen molar-refractivity contribution in [1.29, 1.82) is 0 Å². The van der Waals surface area contributed by atoms with E-state index in [-0.39, 0.29) is 23.6 Å². The molecule has 6 heteroatoms. The van der Waals surface area contributed by atoms with Gasteiger partial charge in [0.05, 0.1) is 17.8 Å². The van der Waals surface area contributed by atoms with Crippen LogP contribution in [-0.2, 0) is 0 Å². The molecule has 1 amide bonds. The van der Waals surface area contributed by atoms with Crippen LogP contribution in [0, 0.1) is 5.82 Å². The van der Waals surface area contributed by atoms with E-state index in [0.29, 0.717) is 24.5 Å². The van der Waals surface area contributed by atoms with Crippen LogP contribution in [0.3, 0.4) is 0 Å². The van der Waals surface area contributed by atoms with Crippen LogP contribution in [0.5, 0.6) is 0 Å². The van der Waals surface area contributed by atoms with E-state index in [1.54, 1.807) is 24.3 Å². The monoisotopic (exact) mass is 433 g/mol. The molecular formula is C26H28FN3O2. The highest BCUT2D eigenvalue weighted by Gasteiger charge is 2.27. The van der Waals surface area contributed by atoms with Crippen molar-refractivity contribution in [2.24, 2.45) is 0 Å². The molecule has 32 heavy (non-hydrogen) atoms. The zero-order valence-electron chi connectivity index (χ0n) is 18.1. The lowest BCUT2D eigenvalue weighted by Gasteiger charge is -2.34. The van der Waals surface area contributed by atoms with Gasteiger partial charge in [0.2, 0.25) is 0 Å². The molecule has 3 aromatic rings. The van der Waals surface area contributed by atoms with E-state index in [0.717, 1.165) is 18.5 Å². The second-order valence-electron chi connectivity index (χ2n) is 8.23. The minimum Gasteiger partial charge on any atom is -0.392 e. The number of hydrogen-bond acceptors (Lipinski definition) is 4. The van der Waals surface area contributed by atoms with Crippen LogP contribution in [0.1, 0.15) is 28.4 Å². The third-order valence-electron chi connectivity index (χ3n) is 5.95. The summed E-state index contributed by atoms with van der Waals surface area (Å²) in [5.41, 5.74) is 2.43. The van der Waals surface area contributed by atoms with Crippen LogP contribution in [-0.4, -0.2) is 48.7 Å². The van der Waals surface area contributed by atoms with Gasteiger partial charge < -0.3 is 15.3 Å². The van der Waals surface area contributed by atoms with Gasteiger partial charge in [-0.05, 0) is 42.3 Å². The quantitative estimate of drug-likeness (QED) is 0.583. The summed E-state index contributed by atoms with van der Waals surface area (Å²) >= 11 is 0. The van der Waals surface area contributed by atoms with Crippen LogP contribution in [0.2, 0.25) is 0 Å². The number of amides is 1. The molecule has 4 rings (SSSR count). The van der Waals surface area contributed by atoms with Gasteiger partial charge in [-0.3, -0.25) is 9.69 Å². The maximum atomic E-state index is 15.2. The molecule has 0 radical (unpaired) electrons. The number of hydrogen-bond donors (Lipinski definition) is 2. The maximum absolute atomic E-state index is 15.2. The smallest absolute Gasteiger partial charge is 0.255 e. The number of rotatable bonds is 7. The highest BCUT2D eigenvalue weighted by atomic mass is 19.1. The van der Waals surface area contributed by atoms with E-state index in [4.69, 9.17) is 0 Å². The van der Waals surface area contributed by atoms with Crippen molar-refractivity contribution < 1.29 is 14.3 Å². The number of para-hydroxylation sites is 1. The molecular weight excluding hydrogens is 405 g/mol. The Kier molecular flexibility index (Phi) is 6.83. The Bertz CT molecular complexity index is 1050. The molecule has 0 saturated carbocycles. The zero-order valence-corrected chi connectivity index (χ0v) is 18.1. The van der Waals surface area contributed by atoms with Crippen molar-refractivity contribution in [2.75, 3.05) is 36.9 Å². The first-order valence-corrected chi connectivity index (χ1v) is 10.9. The number of β-amino-alcohol motifs (C(OH)–C–C–N with tert-alkyl or cyclic N) is 1. The number of carbonyl (C=O) groups is 1. The summed E-state index contributed by atoms with van der Waals surface area (Å²) in [4.78, 5) is 16.7. The Balaban J connectivity index is 1.55. The second-order valence-corrected chi connectivity index (χ2v) is 8.23. The summed E-state index contributed by atoms with van der Waals surface area (Å²) in [6.45, 7) is 2.12. The fraction of sp³-hybridized carbons (Fsp3) is 0.269. The molecule has 0 bridgehead atoms. The van der Waals surface area contributed by atoms with Gasteiger partial charge in [-0.15, -0.1) is 0 Å². The summed E-state index contributed by atoms with van der Waals surface area (Å²) in [6.07, 6.45) is 0.445.